The van der Waals surface area contributed by atoms with E-state index >= 15 is 0 Å². The van der Waals surface area contributed by atoms with Crippen LogP contribution in [0.3, 0.4) is 0 Å². The van der Waals surface area contributed by atoms with E-state index in [4.69, 9.17) is 20.9 Å². The maximum absolute atomic E-state index is 11.3. The number of ether oxygens (including phenoxy) is 2. The Bertz CT molecular complexity index is 583. The second-order valence-corrected chi connectivity index (χ2v) is 4.69. The van der Waals surface area contributed by atoms with E-state index in [1.165, 1.54) is 13.3 Å². The zero-order chi connectivity index (χ0) is 17.2. The molecule has 0 radical (unpaired) electrons. The third-order valence-corrected chi connectivity index (χ3v) is 3.05. The fraction of sp³-hybridized carbons (Fsp3) is 0.400. The molecular weight excluding hydrogens is 300 g/mol. The van der Waals surface area contributed by atoms with Crippen LogP contribution < -0.4 is 20.9 Å². The fourth-order valence-electron chi connectivity index (χ4n) is 1.85. The molecular formula is C15H22N4O4. The van der Waals surface area contributed by atoms with Crippen molar-refractivity contribution in [1.82, 2.24) is 0 Å². The predicted molar refractivity (Wildman–Crippen MR) is 88.5 cm³/mol. The molecule has 0 aliphatic heterocycles. The molecule has 8 heteroatoms. The molecule has 0 aromatic heterocycles. The normalized spacial score (nSPS) is 11.9. The van der Waals surface area contributed by atoms with Crippen molar-refractivity contribution in [2.75, 3.05) is 20.8 Å². The van der Waals surface area contributed by atoms with Crippen LogP contribution >= 0.6 is 0 Å². The third kappa shape index (κ3) is 6.25. The number of benzene rings is 1. The molecule has 0 spiro atoms. The molecule has 1 atom stereocenters. The van der Waals surface area contributed by atoms with Crippen molar-refractivity contribution in [1.29, 1.82) is 0 Å². The van der Waals surface area contributed by atoms with Gasteiger partial charge in [-0.05, 0) is 25.0 Å². The van der Waals surface area contributed by atoms with Crippen LogP contribution in [-0.4, -0.2) is 50.1 Å². The Morgan fingerprint density at radius 3 is 2.65 bits per heavy atom. The highest BCUT2D eigenvalue weighted by atomic mass is 16.5. The standard InChI is InChI=1S/C15H22N4O4/c1-22-11-6-5-10(13(8-11)23-2)9-19-12(14(20)21)4-3-7-18-15(16)17/h5-6,8-9,12H,3-4,7H2,1-2H3,(H,20,21)(H4,16,17,18). The van der Waals surface area contributed by atoms with E-state index in [9.17, 15) is 9.90 Å². The van der Waals surface area contributed by atoms with E-state index in [1.54, 1.807) is 25.3 Å². The van der Waals surface area contributed by atoms with Crippen LogP contribution in [0.2, 0.25) is 0 Å². The quantitative estimate of drug-likeness (QED) is 0.347. The van der Waals surface area contributed by atoms with Crippen LogP contribution in [-0.2, 0) is 4.79 Å². The van der Waals surface area contributed by atoms with Gasteiger partial charge in [-0.25, -0.2) is 4.79 Å². The smallest absolute Gasteiger partial charge is 0.328 e. The molecule has 1 aromatic rings. The largest absolute Gasteiger partial charge is 0.497 e. The Balaban J connectivity index is 2.77. The number of rotatable bonds is 9. The Hall–Kier alpha value is -2.77. The summed E-state index contributed by atoms with van der Waals surface area (Å²) >= 11 is 0. The Labute approximate surface area is 134 Å². The number of aliphatic carboxylic acids is 1. The SMILES string of the molecule is COc1ccc(C=NC(CCCN=C(N)N)C(=O)O)c(OC)c1. The molecule has 5 N–H and O–H groups in total. The number of carboxylic acid groups (broad SMARTS) is 1. The Morgan fingerprint density at radius 2 is 2.09 bits per heavy atom. The molecule has 126 valence electrons. The second kappa shape index (κ2) is 9.29. The lowest BCUT2D eigenvalue weighted by Crippen LogP contribution is -2.23. The number of carbonyl (C=O) groups is 1. The van der Waals surface area contributed by atoms with Gasteiger partial charge in [0.25, 0.3) is 0 Å². The van der Waals surface area contributed by atoms with E-state index in [0.717, 1.165) is 0 Å². The number of hydrogen-bond acceptors (Lipinski definition) is 5. The van der Waals surface area contributed by atoms with Crippen LogP contribution in [0.5, 0.6) is 11.5 Å². The van der Waals surface area contributed by atoms with Gasteiger partial charge in [-0.3, -0.25) is 9.98 Å². The van der Waals surface area contributed by atoms with Crippen molar-refractivity contribution in [3.63, 3.8) is 0 Å². The molecule has 1 rings (SSSR count). The first-order chi connectivity index (χ1) is 11.0. The predicted octanol–water partition coefficient (Wildman–Crippen LogP) is 0.630. The molecule has 8 nitrogen and oxygen atoms in total. The number of nitrogens with two attached hydrogens (primary N) is 2. The van der Waals surface area contributed by atoms with E-state index in [0.29, 0.717) is 36.4 Å². The topological polar surface area (TPSA) is 133 Å². The lowest BCUT2D eigenvalue weighted by atomic mass is 10.1. The molecule has 0 heterocycles. The van der Waals surface area contributed by atoms with Gasteiger partial charge < -0.3 is 26.0 Å². The minimum atomic E-state index is -1.00. The van der Waals surface area contributed by atoms with Crippen molar-refractivity contribution >= 4 is 18.1 Å². The molecule has 0 bridgehead atoms. The van der Waals surface area contributed by atoms with Crippen molar-refractivity contribution in [2.24, 2.45) is 21.5 Å². The summed E-state index contributed by atoms with van der Waals surface area (Å²) in [6.07, 6.45) is 2.34. The van der Waals surface area contributed by atoms with Gasteiger partial charge in [0.2, 0.25) is 0 Å². The molecule has 1 aromatic carbocycles. The summed E-state index contributed by atoms with van der Waals surface area (Å²) in [5.41, 5.74) is 11.1. The number of hydrogen-bond donors (Lipinski definition) is 3. The van der Waals surface area contributed by atoms with Gasteiger partial charge in [0.05, 0.1) is 14.2 Å². The minimum Gasteiger partial charge on any atom is -0.497 e. The molecule has 0 aliphatic rings. The monoisotopic (exact) mass is 322 g/mol. The maximum atomic E-state index is 11.3. The van der Waals surface area contributed by atoms with Crippen LogP contribution in [0.25, 0.3) is 0 Å². The molecule has 0 amide bonds. The highest BCUT2D eigenvalue weighted by Gasteiger charge is 2.15. The minimum absolute atomic E-state index is 0.0108. The molecule has 23 heavy (non-hydrogen) atoms. The van der Waals surface area contributed by atoms with Crippen LogP contribution in [0, 0.1) is 0 Å². The van der Waals surface area contributed by atoms with E-state index < -0.39 is 12.0 Å². The van der Waals surface area contributed by atoms with Crippen LogP contribution in [0.1, 0.15) is 18.4 Å². The third-order valence-electron chi connectivity index (χ3n) is 3.05. The number of carboxylic acids is 1. The summed E-state index contributed by atoms with van der Waals surface area (Å²) in [6, 6.07) is 4.34. The van der Waals surface area contributed by atoms with Crippen molar-refractivity contribution in [2.45, 2.75) is 18.9 Å². The molecule has 0 fully saturated rings. The molecule has 0 saturated carbocycles. The van der Waals surface area contributed by atoms with Crippen molar-refractivity contribution in [3.8, 4) is 11.5 Å². The number of methoxy groups -OCH3 is 2. The first-order valence-electron chi connectivity index (χ1n) is 7.01. The van der Waals surface area contributed by atoms with Gasteiger partial charge in [-0.1, -0.05) is 0 Å². The van der Waals surface area contributed by atoms with E-state index in [-0.39, 0.29) is 5.96 Å². The summed E-state index contributed by atoms with van der Waals surface area (Å²) in [7, 11) is 3.08. The van der Waals surface area contributed by atoms with Crippen LogP contribution in [0.15, 0.2) is 28.2 Å². The van der Waals surface area contributed by atoms with E-state index in [2.05, 4.69) is 9.98 Å². The van der Waals surface area contributed by atoms with Gasteiger partial charge >= 0.3 is 5.97 Å². The van der Waals surface area contributed by atoms with Gasteiger partial charge in [0.15, 0.2) is 5.96 Å². The van der Waals surface area contributed by atoms with Gasteiger partial charge in [-0.15, -0.1) is 0 Å². The Morgan fingerprint density at radius 1 is 1.35 bits per heavy atom. The first-order valence-corrected chi connectivity index (χ1v) is 7.01. The lowest BCUT2D eigenvalue weighted by molar-refractivity contribution is -0.138. The Kier molecular flexibility index (Phi) is 7.38. The maximum Gasteiger partial charge on any atom is 0.328 e. The highest BCUT2D eigenvalue weighted by molar-refractivity contribution is 5.86. The lowest BCUT2D eigenvalue weighted by Gasteiger charge is -2.09. The van der Waals surface area contributed by atoms with Crippen molar-refractivity contribution in [3.05, 3.63) is 23.8 Å². The zero-order valence-corrected chi connectivity index (χ0v) is 13.2. The van der Waals surface area contributed by atoms with Gasteiger partial charge in [-0.2, -0.15) is 0 Å². The van der Waals surface area contributed by atoms with E-state index in [1.807, 2.05) is 0 Å². The zero-order valence-electron chi connectivity index (χ0n) is 13.2. The van der Waals surface area contributed by atoms with Crippen molar-refractivity contribution < 1.29 is 19.4 Å². The summed E-state index contributed by atoms with van der Waals surface area (Å²) in [5.74, 6) is 0.186. The summed E-state index contributed by atoms with van der Waals surface area (Å²) in [4.78, 5) is 19.2. The summed E-state index contributed by atoms with van der Waals surface area (Å²) in [5, 5.41) is 9.22. The van der Waals surface area contributed by atoms with Gasteiger partial charge in [0, 0.05) is 24.4 Å². The average Bonchev–Trinajstić information content (AvgIpc) is 2.53. The number of guanidine groups is 1. The van der Waals surface area contributed by atoms with Gasteiger partial charge in [0.1, 0.15) is 17.5 Å². The highest BCUT2D eigenvalue weighted by Crippen LogP contribution is 2.23. The molecule has 1 unspecified atom stereocenters. The molecule has 0 saturated heterocycles. The molecule has 0 aliphatic carbocycles. The fourth-order valence-corrected chi connectivity index (χ4v) is 1.85. The number of aliphatic imine (C=N–C) groups is 2. The number of nitrogens with zero attached hydrogens (tertiary/aromatic N) is 2. The average molecular weight is 322 g/mol. The summed E-state index contributed by atoms with van der Waals surface area (Å²) in [6.45, 7) is 0.369. The first kappa shape index (κ1) is 18.3. The second-order valence-electron chi connectivity index (χ2n) is 4.69. The van der Waals surface area contributed by atoms with Crippen LogP contribution in [0.4, 0.5) is 0 Å². The summed E-state index contributed by atoms with van der Waals surface area (Å²) < 4.78 is 10.4.